The van der Waals surface area contributed by atoms with Gasteiger partial charge in [0.2, 0.25) is 0 Å². The summed E-state index contributed by atoms with van der Waals surface area (Å²) in [4.78, 5) is 4.93. The van der Waals surface area contributed by atoms with Crippen molar-refractivity contribution in [2.45, 2.75) is 50.9 Å². The quantitative estimate of drug-likeness (QED) is 0.890. The topological polar surface area (TPSA) is 18.5 Å². The summed E-state index contributed by atoms with van der Waals surface area (Å²) in [6.45, 7) is 4.59. The summed E-state index contributed by atoms with van der Waals surface area (Å²) in [5, 5.41) is 3.79. The van der Waals surface area contributed by atoms with E-state index >= 15 is 0 Å². The molecule has 3 nitrogen and oxygen atoms in total. The fourth-order valence-electron chi connectivity index (χ4n) is 3.44. The molecule has 0 aromatic heterocycles. The van der Waals surface area contributed by atoms with Crippen LogP contribution in [0.4, 0.5) is 5.69 Å². The molecule has 3 heteroatoms. The van der Waals surface area contributed by atoms with Crippen LogP contribution in [0.15, 0.2) is 24.3 Å². The number of likely N-dealkylation sites (tertiary alicyclic amines) is 1. The lowest BCUT2D eigenvalue weighted by molar-refractivity contribution is 0.257. The zero-order chi connectivity index (χ0) is 14.1. The molecular weight excluding hydrogens is 246 g/mol. The second kappa shape index (κ2) is 5.74. The number of hydrogen-bond donors (Lipinski definition) is 1. The molecule has 1 saturated heterocycles. The van der Waals surface area contributed by atoms with E-state index in [-0.39, 0.29) is 0 Å². The van der Waals surface area contributed by atoms with E-state index in [1.165, 1.54) is 37.1 Å². The normalized spacial score (nSPS) is 27.2. The number of para-hydroxylation sites is 1. The van der Waals surface area contributed by atoms with Crippen molar-refractivity contribution in [3.05, 3.63) is 29.8 Å². The minimum atomic E-state index is 0.605. The van der Waals surface area contributed by atoms with Crippen LogP contribution in [0.2, 0.25) is 0 Å². The van der Waals surface area contributed by atoms with Gasteiger partial charge in [-0.25, -0.2) is 0 Å². The van der Waals surface area contributed by atoms with Gasteiger partial charge in [0.25, 0.3) is 0 Å². The Kier molecular flexibility index (Phi) is 3.99. The van der Waals surface area contributed by atoms with Crippen molar-refractivity contribution in [1.29, 1.82) is 0 Å². The predicted octanol–water partition coefficient (Wildman–Crippen LogP) is 2.79. The second-order valence-corrected chi connectivity index (χ2v) is 6.75. The number of rotatable bonds is 5. The van der Waals surface area contributed by atoms with Gasteiger partial charge in [-0.1, -0.05) is 18.2 Å². The number of hydrogen-bond acceptors (Lipinski definition) is 3. The van der Waals surface area contributed by atoms with E-state index in [9.17, 15) is 0 Å². The second-order valence-electron chi connectivity index (χ2n) is 6.75. The zero-order valence-corrected chi connectivity index (χ0v) is 13.0. The van der Waals surface area contributed by atoms with Crippen molar-refractivity contribution < 1.29 is 0 Å². The molecule has 2 unspecified atom stereocenters. The first-order valence-corrected chi connectivity index (χ1v) is 7.88. The maximum atomic E-state index is 3.79. The van der Waals surface area contributed by atoms with Crippen molar-refractivity contribution in [2.75, 3.05) is 26.0 Å². The third kappa shape index (κ3) is 3.15. The number of nitrogens with one attached hydrogen (secondary N) is 1. The lowest BCUT2D eigenvalue weighted by atomic mass is 10.1. The molecule has 2 atom stereocenters. The molecule has 1 aromatic carbocycles. The Morgan fingerprint density at radius 1 is 1.25 bits per heavy atom. The first-order chi connectivity index (χ1) is 9.63. The van der Waals surface area contributed by atoms with E-state index in [2.05, 4.69) is 60.4 Å². The van der Waals surface area contributed by atoms with Crippen molar-refractivity contribution in [3.63, 3.8) is 0 Å². The van der Waals surface area contributed by atoms with Gasteiger partial charge in [-0.3, -0.25) is 4.90 Å². The summed E-state index contributed by atoms with van der Waals surface area (Å²) in [5.74, 6) is 0. The highest BCUT2D eigenvalue weighted by molar-refractivity contribution is 5.52. The Labute approximate surface area is 123 Å². The molecule has 2 aliphatic rings. The van der Waals surface area contributed by atoms with Crippen molar-refractivity contribution in [3.8, 4) is 0 Å². The number of benzene rings is 1. The van der Waals surface area contributed by atoms with E-state index in [1.54, 1.807) is 0 Å². The average molecular weight is 273 g/mol. The molecule has 0 radical (unpaired) electrons. The minimum Gasteiger partial charge on any atom is -0.381 e. The van der Waals surface area contributed by atoms with Crippen LogP contribution in [-0.4, -0.2) is 48.6 Å². The highest BCUT2D eigenvalue weighted by atomic mass is 15.3. The summed E-state index contributed by atoms with van der Waals surface area (Å²) < 4.78 is 0. The van der Waals surface area contributed by atoms with Gasteiger partial charge >= 0.3 is 0 Å². The maximum Gasteiger partial charge on any atom is 0.0403 e. The molecule has 20 heavy (non-hydrogen) atoms. The lowest BCUT2D eigenvalue weighted by Crippen LogP contribution is -2.31. The molecule has 1 aromatic rings. The standard InChI is InChI=1S/C17H27N3/c1-13-10-15(12-20(13)16-8-9-16)18-17-7-5-4-6-14(17)11-19(2)3/h4-7,13,15-16,18H,8-12H2,1-3H3. The molecule has 2 fully saturated rings. The molecule has 110 valence electrons. The zero-order valence-electron chi connectivity index (χ0n) is 13.0. The van der Waals surface area contributed by atoms with Crippen LogP contribution in [0.25, 0.3) is 0 Å². The van der Waals surface area contributed by atoms with Crippen LogP contribution in [0, 0.1) is 0 Å². The molecule has 1 aliphatic carbocycles. The fourth-order valence-corrected chi connectivity index (χ4v) is 3.44. The number of anilines is 1. The van der Waals surface area contributed by atoms with Gasteiger partial charge in [0, 0.05) is 36.9 Å². The minimum absolute atomic E-state index is 0.605. The molecule has 3 rings (SSSR count). The molecule has 1 aliphatic heterocycles. The smallest absolute Gasteiger partial charge is 0.0403 e. The Balaban J connectivity index is 1.66. The Hall–Kier alpha value is -1.06. The third-order valence-electron chi connectivity index (χ3n) is 4.50. The van der Waals surface area contributed by atoms with Crippen LogP contribution in [0.3, 0.4) is 0 Å². The Morgan fingerprint density at radius 3 is 2.70 bits per heavy atom. The van der Waals surface area contributed by atoms with Crippen LogP contribution < -0.4 is 5.32 Å². The van der Waals surface area contributed by atoms with Crippen LogP contribution in [0.5, 0.6) is 0 Å². The molecular formula is C17H27N3. The summed E-state index contributed by atoms with van der Waals surface area (Å²) in [6, 6.07) is 11.0. The van der Waals surface area contributed by atoms with Crippen molar-refractivity contribution in [1.82, 2.24) is 9.80 Å². The molecule has 1 heterocycles. The highest BCUT2D eigenvalue weighted by Crippen LogP contribution is 2.34. The summed E-state index contributed by atoms with van der Waals surface area (Å²) >= 11 is 0. The molecule has 0 bridgehead atoms. The largest absolute Gasteiger partial charge is 0.381 e. The van der Waals surface area contributed by atoms with Gasteiger partial charge < -0.3 is 10.2 Å². The summed E-state index contributed by atoms with van der Waals surface area (Å²) in [5.41, 5.74) is 2.71. The van der Waals surface area contributed by atoms with E-state index in [4.69, 9.17) is 0 Å². The summed E-state index contributed by atoms with van der Waals surface area (Å²) in [7, 11) is 4.26. The van der Waals surface area contributed by atoms with Gasteiger partial charge in [-0.15, -0.1) is 0 Å². The SMILES string of the molecule is CC1CC(Nc2ccccc2CN(C)C)CN1C1CC1. The fraction of sp³-hybridized carbons (Fsp3) is 0.647. The van der Waals surface area contributed by atoms with Gasteiger partial charge in [0.15, 0.2) is 0 Å². The average Bonchev–Trinajstić information content (AvgIpc) is 3.16. The van der Waals surface area contributed by atoms with E-state index in [0.717, 1.165) is 18.6 Å². The Bertz CT molecular complexity index is 453. The van der Waals surface area contributed by atoms with E-state index < -0.39 is 0 Å². The molecule has 1 saturated carbocycles. The van der Waals surface area contributed by atoms with Crippen LogP contribution in [0.1, 0.15) is 31.7 Å². The third-order valence-corrected chi connectivity index (χ3v) is 4.50. The number of nitrogens with zero attached hydrogens (tertiary/aromatic N) is 2. The van der Waals surface area contributed by atoms with Crippen LogP contribution >= 0.6 is 0 Å². The van der Waals surface area contributed by atoms with Gasteiger partial charge in [0.1, 0.15) is 0 Å². The molecule has 0 amide bonds. The lowest BCUT2D eigenvalue weighted by Gasteiger charge is -2.21. The highest BCUT2D eigenvalue weighted by Gasteiger charge is 2.38. The van der Waals surface area contributed by atoms with Crippen molar-refractivity contribution >= 4 is 5.69 Å². The molecule has 1 N–H and O–H groups in total. The van der Waals surface area contributed by atoms with Gasteiger partial charge in [-0.05, 0) is 51.9 Å². The molecule has 0 spiro atoms. The first-order valence-electron chi connectivity index (χ1n) is 7.88. The van der Waals surface area contributed by atoms with Gasteiger partial charge in [-0.2, -0.15) is 0 Å². The van der Waals surface area contributed by atoms with E-state index in [0.29, 0.717) is 6.04 Å². The monoisotopic (exact) mass is 273 g/mol. The Morgan fingerprint density at radius 2 is 2.00 bits per heavy atom. The van der Waals surface area contributed by atoms with Crippen molar-refractivity contribution in [2.24, 2.45) is 0 Å². The summed E-state index contributed by atoms with van der Waals surface area (Å²) in [6.07, 6.45) is 4.09. The van der Waals surface area contributed by atoms with Crippen LogP contribution in [-0.2, 0) is 6.54 Å². The van der Waals surface area contributed by atoms with E-state index in [1.807, 2.05) is 0 Å². The first kappa shape index (κ1) is 13.9. The predicted molar refractivity (Wildman–Crippen MR) is 85.1 cm³/mol. The maximum absolute atomic E-state index is 3.79. The van der Waals surface area contributed by atoms with Gasteiger partial charge in [0.05, 0.1) is 0 Å².